The van der Waals surface area contributed by atoms with Crippen molar-refractivity contribution in [3.05, 3.63) is 17.8 Å². The van der Waals surface area contributed by atoms with E-state index in [0.717, 1.165) is 69.0 Å². The minimum Gasteiger partial charge on any atom is -0.357 e. The highest BCUT2D eigenvalue weighted by Gasteiger charge is 2.28. The van der Waals surface area contributed by atoms with Gasteiger partial charge in [-0.1, -0.05) is 19.3 Å². The number of amides is 1. The summed E-state index contributed by atoms with van der Waals surface area (Å²) in [7, 11) is 0. The summed E-state index contributed by atoms with van der Waals surface area (Å²) in [6.45, 7) is 10.0. The molecule has 2 aromatic rings. The number of likely N-dealkylation sites (tertiary alicyclic amines) is 2. The molecule has 0 spiro atoms. The maximum Gasteiger partial charge on any atom is 0.272 e. The van der Waals surface area contributed by atoms with Crippen LogP contribution in [0.5, 0.6) is 0 Å². The van der Waals surface area contributed by atoms with Crippen LogP contribution in [0, 0.1) is 5.92 Å². The van der Waals surface area contributed by atoms with Gasteiger partial charge in [0.2, 0.25) is 0 Å². The summed E-state index contributed by atoms with van der Waals surface area (Å²) in [4.78, 5) is 26.1. The molecule has 0 radical (unpaired) electrons. The number of pyridine rings is 1. The first-order valence-electron chi connectivity index (χ1n) is 15.1. The number of fused-ring (bicyclic) bond motifs is 1. The van der Waals surface area contributed by atoms with Gasteiger partial charge in [0.05, 0.1) is 5.39 Å². The molecular weight excluding hydrogens is 462 g/mol. The van der Waals surface area contributed by atoms with Crippen molar-refractivity contribution in [2.24, 2.45) is 5.92 Å². The Morgan fingerprint density at radius 2 is 1.46 bits per heavy atom. The largest absolute Gasteiger partial charge is 0.357 e. The number of hydrogen-bond acceptors (Lipinski definition) is 6. The molecule has 8 heteroatoms. The Labute approximate surface area is 221 Å². The zero-order valence-corrected chi connectivity index (χ0v) is 22.5. The van der Waals surface area contributed by atoms with E-state index < -0.39 is 0 Å². The summed E-state index contributed by atoms with van der Waals surface area (Å²) in [6, 6.07) is 4.43. The van der Waals surface area contributed by atoms with Gasteiger partial charge in [-0.3, -0.25) is 4.79 Å². The van der Waals surface area contributed by atoms with E-state index in [1.807, 2.05) is 4.68 Å². The van der Waals surface area contributed by atoms with Crippen molar-refractivity contribution in [3.63, 3.8) is 0 Å². The van der Waals surface area contributed by atoms with Crippen LogP contribution < -0.4 is 10.2 Å². The van der Waals surface area contributed by atoms with Gasteiger partial charge in [-0.05, 0) is 82.5 Å². The first-order chi connectivity index (χ1) is 18.2. The lowest BCUT2D eigenvalue weighted by Gasteiger charge is -2.34. The highest BCUT2D eigenvalue weighted by molar-refractivity contribution is 6.04. The van der Waals surface area contributed by atoms with Crippen molar-refractivity contribution >= 4 is 22.8 Å². The lowest BCUT2D eigenvalue weighted by Crippen LogP contribution is -2.47. The Balaban J connectivity index is 1.10. The summed E-state index contributed by atoms with van der Waals surface area (Å²) < 4.78 is 2.02. The number of piperidine rings is 2. The Kier molecular flexibility index (Phi) is 7.93. The van der Waals surface area contributed by atoms with Gasteiger partial charge < -0.3 is 20.0 Å². The summed E-state index contributed by atoms with van der Waals surface area (Å²) in [6.07, 6.45) is 13.7. The van der Waals surface area contributed by atoms with Gasteiger partial charge in [-0.2, -0.15) is 5.10 Å². The number of anilines is 1. The lowest BCUT2D eigenvalue weighted by atomic mass is 10.0. The Morgan fingerprint density at radius 3 is 2.16 bits per heavy atom. The normalized spacial score (nSPS) is 22.9. The molecule has 202 valence electrons. The summed E-state index contributed by atoms with van der Waals surface area (Å²) in [5.74, 6) is 1.68. The molecule has 0 unspecified atom stereocenters. The zero-order chi connectivity index (χ0) is 25.0. The molecule has 6 rings (SSSR count). The van der Waals surface area contributed by atoms with E-state index in [4.69, 9.17) is 10.1 Å². The molecule has 1 aliphatic carbocycles. The topological polar surface area (TPSA) is 69.5 Å². The molecule has 3 aliphatic heterocycles. The molecule has 3 saturated heterocycles. The average Bonchev–Trinajstić information content (AvgIpc) is 3.73. The van der Waals surface area contributed by atoms with Crippen molar-refractivity contribution in [2.75, 3.05) is 57.3 Å². The van der Waals surface area contributed by atoms with Crippen LogP contribution in [0.2, 0.25) is 0 Å². The molecule has 0 atom stereocenters. The first kappa shape index (κ1) is 25.1. The van der Waals surface area contributed by atoms with Gasteiger partial charge in [0.15, 0.2) is 11.3 Å². The van der Waals surface area contributed by atoms with E-state index in [0.29, 0.717) is 11.6 Å². The van der Waals surface area contributed by atoms with Crippen molar-refractivity contribution < 1.29 is 4.79 Å². The minimum atomic E-state index is -0.0318. The molecule has 4 fully saturated rings. The second-order valence-electron chi connectivity index (χ2n) is 11.9. The predicted molar refractivity (Wildman–Crippen MR) is 148 cm³/mol. The number of rotatable bonds is 8. The fourth-order valence-corrected chi connectivity index (χ4v) is 6.38. The van der Waals surface area contributed by atoms with E-state index in [-0.39, 0.29) is 11.9 Å². The molecule has 1 saturated carbocycles. The minimum absolute atomic E-state index is 0.0318. The number of carbonyl (C=O) groups excluding carboxylic acids is 1. The fraction of sp³-hybridized carbons (Fsp3) is 0.759. The molecule has 0 aromatic carbocycles. The van der Waals surface area contributed by atoms with E-state index in [9.17, 15) is 4.79 Å². The quantitative estimate of drug-likeness (QED) is 0.585. The van der Waals surface area contributed by atoms with Gasteiger partial charge in [-0.25, -0.2) is 9.67 Å². The third kappa shape index (κ3) is 6.28. The molecule has 1 N–H and O–H groups in total. The highest BCUT2D eigenvalue weighted by Crippen LogP contribution is 2.32. The number of hydrogen-bond donors (Lipinski definition) is 1. The van der Waals surface area contributed by atoms with Crippen LogP contribution in [0.25, 0.3) is 11.0 Å². The van der Waals surface area contributed by atoms with Crippen LogP contribution in [-0.2, 0) is 6.54 Å². The van der Waals surface area contributed by atoms with Gasteiger partial charge in [0.1, 0.15) is 5.82 Å². The summed E-state index contributed by atoms with van der Waals surface area (Å²) >= 11 is 0. The standard InChI is InChI=1S/C29H45N7O/c37-29(30-24-12-18-34(19-13-24)21-20-33-14-4-3-5-15-33)27-25-10-11-26(35-16-6-1-2-7-17-35)31-28(25)36(32-27)22-23-8-9-23/h10-11,23-24H,1-9,12-22H2,(H,30,37). The van der Waals surface area contributed by atoms with E-state index in [1.165, 1.54) is 77.4 Å². The second-order valence-corrected chi connectivity index (χ2v) is 11.9. The Hall–Kier alpha value is -2.19. The van der Waals surface area contributed by atoms with Gasteiger partial charge in [0.25, 0.3) is 5.91 Å². The van der Waals surface area contributed by atoms with Crippen LogP contribution in [0.15, 0.2) is 12.1 Å². The van der Waals surface area contributed by atoms with Gasteiger partial charge >= 0.3 is 0 Å². The number of nitrogens with zero attached hydrogens (tertiary/aromatic N) is 6. The molecular formula is C29H45N7O. The maximum atomic E-state index is 13.4. The molecule has 1 amide bonds. The van der Waals surface area contributed by atoms with E-state index >= 15 is 0 Å². The molecule has 5 heterocycles. The first-order valence-corrected chi connectivity index (χ1v) is 15.1. The van der Waals surface area contributed by atoms with Crippen molar-refractivity contribution in [3.8, 4) is 0 Å². The SMILES string of the molecule is O=C(NC1CCN(CCN2CCCCC2)CC1)c1nn(CC2CC2)c2nc(N3CCCCCC3)ccc12. The van der Waals surface area contributed by atoms with Crippen molar-refractivity contribution in [1.82, 2.24) is 29.9 Å². The second kappa shape index (κ2) is 11.7. The van der Waals surface area contributed by atoms with Crippen LogP contribution in [-0.4, -0.2) is 88.9 Å². The van der Waals surface area contributed by atoms with Crippen LogP contribution >= 0.6 is 0 Å². The smallest absolute Gasteiger partial charge is 0.272 e. The number of aromatic nitrogens is 3. The van der Waals surface area contributed by atoms with Crippen molar-refractivity contribution in [2.45, 2.75) is 83.2 Å². The maximum absolute atomic E-state index is 13.4. The molecule has 2 aromatic heterocycles. The molecule has 8 nitrogen and oxygen atoms in total. The number of nitrogens with one attached hydrogen (secondary N) is 1. The highest BCUT2D eigenvalue weighted by atomic mass is 16.2. The lowest BCUT2D eigenvalue weighted by molar-refractivity contribution is 0.0900. The van der Waals surface area contributed by atoms with Crippen LogP contribution in [0.4, 0.5) is 5.82 Å². The van der Waals surface area contributed by atoms with E-state index in [2.05, 4.69) is 32.1 Å². The Morgan fingerprint density at radius 1 is 0.811 bits per heavy atom. The van der Waals surface area contributed by atoms with Gasteiger partial charge in [-0.15, -0.1) is 0 Å². The van der Waals surface area contributed by atoms with Crippen LogP contribution in [0.3, 0.4) is 0 Å². The third-order valence-corrected chi connectivity index (χ3v) is 8.96. The third-order valence-electron chi connectivity index (χ3n) is 8.96. The molecule has 0 bridgehead atoms. The monoisotopic (exact) mass is 507 g/mol. The van der Waals surface area contributed by atoms with Crippen molar-refractivity contribution in [1.29, 1.82) is 0 Å². The summed E-state index contributed by atoms with van der Waals surface area (Å²) in [5, 5.41) is 9.07. The average molecular weight is 508 g/mol. The fourth-order valence-electron chi connectivity index (χ4n) is 6.38. The molecule has 4 aliphatic rings. The predicted octanol–water partition coefficient (Wildman–Crippen LogP) is 3.90. The zero-order valence-electron chi connectivity index (χ0n) is 22.5. The number of carbonyl (C=O) groups is 1. The molecule has 37 heavy (non-hydrogen) atoms. The van der Waals surface area contributed by atoms with E-state index in [1.54, 1.807) is 0 Å². The van der Waals surface area contributed by atoms with Crippen LogP contribution in [0.1, 0.15) is 81.1 Å². The van der Waals surface area contributed by atoms with Gasteiger partial charge in [0, 0.05) is 51.9 Å². The Bertz CT molecular complexity index is 1040. The summed E-state index contributed by atoms with van der Waals surface area (Å²) in [5.41, 5.74) is 1.43.